The van der Waals surface area contributed by atoms with Crippen molar-refractivity contribution in [2.75, 3.05) is 5.32 Å². The molecule has 0 bridgehead atoms. The highest BCUT2D eigenvalue weighted by molar-refractivity contribution is 6.35. The smallest absolute Gasteiger partial charge is 0.223 e. The average molecular weight is 318 g/mol. The van der Waals surface area contributed by atoms with E-state index in [1.54, 1.807) is 12.3 Å². The zero-order valence-electron chi connectivity index (χ0n) is 11.3. The molecule has 5 heteroatoms. The maximum absolute atomic E-state index is 6.22. The van der Waals surface area contributed by atoms with E-state index < -0.39 is 0 Å². The molecule has 3 nitrogen and oxygen atoms in total. The Morgan fingerprint density at radius 1 is 1.10 bits per heavy atom. The van der Waals surface area contributed by atoms with Crippen molar-refractivity contribution < 1.29 is 0 Å². The lowest BCUT2D eigenvalue weighted by Gasteiger charge is -2.16. The highest BCUT2D eigenvalue weighted by Crippen LogP contribution is 2.27. The van der Waals surface area contributed by atoms with Crippen LogP contribution in [-0.4, -0.2) is 9.97 Å². The summed E-state index contributed by atoms with van der Waals surface area (Å²) < 4.78 is 0. The Morgan fingerprint density at radius 2 is 1.90 bits per heavy atom. The van der Waals surface area contributed by atoms with Crippen molar-refractivity contribution in [3.05, 3.63) is 64.3 Å². The van der Waals surface area contributed by atoms with Gasteiger partial charge in [0.1, 0.15) is 0 Å². The van der Waals surface area contributed by atoms with Crippen LogP contribution in [-0.2, 0) is 0 Å². The summed E-state index contributed by atoms with van der Waals surface area (Å²) in [5.74, 6) is 0.576. The van der Waals surface area contributed by atoms with Crippen molar-refractivity contribution >= 4 is 40.1 Å². The van der Waals surface area contributed by atoms with Crippen LogP contribution in [0, 0.1) is 0 Å². The number of halogens is 2. The van der Waals surface area contributed by atoms with E-state index in [1.165, 1.54) is 0 Å². The molecular formula is C16H13Cl2N3. The zero-order chi connectivity index (χ0) is 14.8. The van der Waals surface area contributed by atoms with Crippen LogP contribution in [0.4, 0.5) is 5.95 Å². The van der Waals surface area contributed by atoms with Crippen molar-refractivity contribution in [1.82, 2.24) is 9.97 Å². The summed E-state index contributed by atoms with van der Waals surface area (Å²) in [6.45, 7) is 2.01. The first-order valence-corrected chi connectivity index (χ1v) is 7.32. The minimum Gasteiger partial charge on any atom is -0.348 e. The molecule has 1 heterocycles. The molecule has 3 aromatic rings. The number of rotatable bonds is 3. The molecular weight excluding hydrogens is 305 g/mol. The quantitative estimate of drug-likeness (QED) is 0.729. The molecule has 0 spiro atoms. The van der Waals surface area contributed by atoms with Crippen LogP contribution in [0.15, 0.2) is 48.7 Å². The lowest BCUT2D eigenvalue weighted by atomic mass is 10.1. The van der Waals surface area contributed by atoms with Gasteiger partial charge in [0.05, 0.1) is 11.6 Å². The number of anilines is 1. The van der Waals surface area contributed by atoms with E-state index >= 15 is 0 Å². The van der Waals surface area contributed by atoms with Crippen molar-refractivity contribution in [2.24, 2.45) is 0 Å². The van der Waals surface area contributed by atoms with E-state index in [-0.39, 0.29) is 6.04 Å². The molecule has 1 atom stereocenters. The van der Waals surface area contributed by atoms with Gasteiger partial charge in [-0.2, -0.15) is 0 Å². The molecule has 0 aliphatic heterocycles. The van der Waals surface area contributed by atoms with Crippen LogP contribution in [0.2, 0.25) is 10.0 Å². The van der Waals surface area contributed by atoms with E-state index in [0.717, 1.165) is 16.5 Å². The van der Waals surface area contributed by atoms with E-state index in [0.29, 0.717) is 16.0 Å². The Kier molecular flexibility index (Phi) is 3.95. The lowest BCUT2D eigenvalue weighted by molar-refractivity contribution is 0.864. The fourth-order valence-corrected chi connectivity index (χ4v) is 2.74. The van der Waals surface area contributed by atoms with Crippen LogP contribution in [0.5, 0.6) is 0 Å². The van der Waals surface area contributed by atoms with Crippen molar-refractivity contribution in [3.8, 4) is 0 Å². The maximum atomic E-state index is 6.22. The molecule has 0 fully saturated rings. The van der Waals surface area contributed by atoms with Gasteiger partial charge in [-0.05, 0) is 30.7 Å². The van der Waals surface area contributed by atoms with Crippen LogP contribution in [0.25, 0.3) is 10.9 Å². The van der Waals surface area contributed by atoms with Gasteiger partial charge in [-0.1, -0.05) is 47.5 Å². The Labute approximate surface area is 132 Å². The molecule has 0 saturated heterocycles. The minimum atomic E-state index is -0.0177. The molecule has 21 heavy (non-hydrogen) atoms. The number of benzene rings is 2. The Morgan fingerprint density at radius 3 is 2.71 bits per heavy atom. The number of para-hydroxylation sites is 1. The number of hydrogen-bond donors (Lipinski definition) is 1. The fourth-order valence-electron chi connectivity index (χ4n) is 2.17. The molecule has 1 unspecified atom stereocenters. The van der Waals surface area contributed by atoms with Gasteiger partial charge in [0.2, 0.25) is 5.95 Å². The van der Waals surface area contributed by atoms with Crippen molar-refractivity contribution in [2.45, 2.75) is 13.0 Å². The largest absolute Gasteiger partial charge is 0.348 e. The SMILES string of the molecule is CC(Nc1ncc2ccccc2n1)c1ccc(Cl)cc1Cl. The van der Waals surface area contributed by atoms with Gasteiger partial charge in [-0.3, -0.25) is 0 Å². The van der Waals surface area contributed by atoms with Gasteiger partial charge >= 0.3 is 0 Å². The molecule has 2 aromatic carbocycles. The highest BCUT2D eigenvalue weighted by atomic mass is 35.5. The van der Waals surface area contributed by atoms with E-state index in [1.807, 2.05) is 43.3 Å². The number of fused-ring (bicyclic) bond motifs is 1. The summed E-state index contributed by atoms with van der Waals surface area (Å²) in [5, 5.41) is 5.53. The third kappa shape index (κ3) is 3.09. The second kappa shape index (κ2) is 5.88. The Balaban J connectivity index is 1.87. The van der Waals surface area contributed by atoms with Crippen molar-refractivity contribution in [1.29, 1.82) is 0 Å². The van der Waals surface area contributed by atoms with Gasteiger partial charge in [0, 0.05) is 21.6 Å². The molecule has 0 amide bonds. The van der Waals surface area contributed by atoms with Gasteiger partial charge in [0.15, 0.2) is 0 Å². The minimum absolute atomic E-state index is 0.0177. The standard InChI is InChI=1S/C16H13Cl2N3/c1-10(13-7-6-12(17)8-14(13)18)20-16-19-9-11-4-2-3-5-15(11)21-16/h2-10H,1H3,(H,19,20,21). The van der Waals surface area contributed by atoms with E-state index in [4.69, 9.17) is 23.2 Å². The number of hydrogen-bond acceptors (Lipinski definition) is 3. The Bertz CT molecular complexity index is 789. The monoisotopic (exact) mass is 317 g/mol. The number of nitrogens with one attached hydrogen (secondary N) is 1. The van der Waals surface area contributed by atoms with Crippen LogP contribution >= 0.6 is 23.2 Å². The number of nitrogens with zero attached hydrogens (tertiary/aromatic N) is 2. The average Bonchev–Trinajstić information content (AvgIpc) is 2.47. The van der Waals surface area contributed by atoms with Crippen LogP contribution < -0.4 is 5.32 Å². The van der Waals surface area contributed by atoms with Gasteiger partial charge < -0.3 is 5.32 Å². The summed E-state index contributed by atoms with van der Waals surface area (Å²) in [4.78, 5) is 8.82. The zero-order valence-corrected chi connectivity index (χ0v) is 12.9. The Hall–Kier alpha value is -1.84. The number of aromatic nitrogens is 2. The molecule has 106 valence electrons. The normalized spacial score (nSPS) is 12.3. The predicted octanol–water partition coefficient (Wildman–Crippen LogP) is 5.11. The summed E-state index contributed by atoms with van der Waals surface area (Å²) in [6, 6.07) is 13.3. The summed E-state index contributed by atoms with van der Waals surface area (Å²) in [5.41, 5.74) is 1.86. The maximum Gasteiger partial charge on any atom is 0.223 e. The second-order valence-corrected chi connectivity index (χ2v) is 5.63. The first-order chi connectivity index (χ1) is 10.1. The first-order valence-electron chi connectivity index (χ1n) is 6.57. The van der Waals surface area contributed by atoms with Gasteiger partial charge in [0.25, 0.3) is 0 Å². The van der Waals surface area contributed by atoms with Gasteiger partial charge in [-0.15, -0.1) is 0 Å². The topological polar surface area (TPSA) is 37.8 Å². The first kappa shape index (κ1) is 14.1. The summed E-state index contributed by atoms with van der Waals surface area (Å²) in [6.07, 6.45) is 1.81. The molecule has 0 saturated carbocycles. The van der Waals surface area contributed by atoms with E-state index in [2.05, 4.69) is 15.3 Å². The third-order valence-electron chi connectivity index (χ3n) is 3.26. The van der Waals surface area contributed by atoms with E-state index in [9.17, 15) is 0 Å². The molecule has 1 N–H and O–H groups in total. The molecule has 0 aliphatic rings. The molecule has 3 rings (SSSR count). The second-order valence-electron chi connectivity index (χ2n) is 4.78. The molecule has 1 aromatic heterocycles. The van der Waals surface area contributed by atoms with Gasteiger partial charge in [-0.25, -0.2) is 9.97 Å². The molecule has 0 aliphatic carbocycles. The predicted molar refractivity (Wildman–Crippen MR) is 88.0 cm³/mol. The van der Waals surface area contributed by atoms with Crippen LogP contribution in [0.1, 0.15) is 18.5 Å². The third-order valence-corrected chi connectivity index (χ3v) is 3.83. The molecule has 0 radical (unpaired) electrons. The fraction of sp³-hybridized carbons (Fsp3) is 0.125. The highest BCUT2D eigenvalue weighted by Gasteiger charge is 2.11. The van der Waals surface area contributed by atoms with Crippen LogP contribution in [0.3, 0.4) is 0 Å². The summed E-state index contributed by atoms with van der Waals surface area (Å²) in [7, 11) is 0. The van der Waals surface area contributed by atoms with Crippen molar-refractivity contribution in [3.63, 3.8) is 0 Å². The summed E-state index contributed by atoms with van der Waals surface area (Å²) >= 11 is 12.1. The lowest BCUT2D eigenvalue weighted by Crippen LogP contribution is -2.09.